The van der Waals surface area contributed by atoms with Crippen molar-refractivity contribution < 1.29 is 19.4 Å². The van der Waals surface area contributed by atoms with Gasteiger partial charge in [0.15, 0.2) is 0 Å². The number of morpholine rings is 1. The van der Waals surface area contributed by atoms with E-state index in [4.69, 9.17) is 4.74 Å². The fraction of sp³-hybridized carbons (Fsp3) is 0.538. The minimum absolute atomic E-state index is 0.00649. The molecular weight excluding hydrogens is 404 g/mol. The zero-order valence-electron chi connectivity index (χ0n) is 18.7. The lowest BCUT2D eigenvalue weighted by Gasteiger charge is -2.34. The molecule has 0 bridgehead atoms. The third kappa shape index (κ3) is 5.48. The maximum absolute atomic E-state index is 13.7. The molecule has 0 aromatic heterocycles. The van der Waals surface area contributed by atoms with Gasteiger partial charge in [0.2, 0.25) is 5.91 Å². The Morgan fingerprint density at radius 2 is 1.72 bits per heavy atom. The van der Waals surface area contributed by atoms with Gasteiger partial charge >= 0.3 is 5.97 Å². The van der Waals surface area contributed by atoms with E-state index in [2.05, 4.69) is 29.2 Å². The van der Waals surface area contributed by atoms with E-state index >= 15 is 0 Å². The summed E-state index contributed by atoms with van der Waals surface area (Å²) in [5, 5.41) is 12.0. The second kappa shape index (κ2) is 10.9. The van der Waals surface area contributed by atoms with Crippen LogP contribution >= 0.6 is 0 Å². The summed E-state index contributed by atoms with van der Waals surface area (Å²) in [4.78, 5) is 29.8. The van der Waals surface area contributed by atoms with Gasteiger partial charge in [-0.3, -0.25) is 14.5 Å². The van der Waals surface area contributed by atoms with Gasteiger partial charge in [0.1, 0.15) is 0 Å². The smallest absolute Gasteiger partial charge is 0.307 e. The highest BCUT2D eigenvalue weighted by atomic mass is 16.5. The molecule has 32 heavy (non-hydrogen) atoms. The number of rotatable bonds is 8. The van der Waals surface area contributed by atoms with Gasteiger partial charge in [-0.2, -0.15) is 0 Å². The molecule has 172 valence electrons. The molecule has 2 aromatic carbocycles. The minimum atomic E-state index is -0.832. The number of fused-ring (bicyclic) bond motifs is 1. The zero-order chi connectivity index (χ0) is 22.3. The Bertz CT molecular complexity index is 920. The minimum Gasteiger partial charge on any atom is -0.481 e. The van der Waals surface area contributed by atoms with Crippen molar-refractivity contribution in [3.63, 3.8) is 0 Å². The number of carboxylic acid groups (broad SMARTS) is 1. The highest BCUT2D eigenvalue weighted by Crippen LogP contribution is 2.32. The Balaban J connectivity index is 1.52. The number of nitrogens with zero attached hydrogens (tertiary/aromatic N) is 2. The van der Waals surface area contributed by atoms with Gasteiger partial charge in [0.25, 0.3) is 0 Å². The van der Waals surface area contributed by atoms with Gasteiger partial charge < -0.3 is 14.7 Å². The van der Waals surface area contributed by atoms with E-state index < -0.39 is 17.8 Å². The van der Waals surface area contributed by atoms with Crippen LogP contribution in [0.1, 0.15) is 37.7 Å². The molecule has 2 atom stereocenters. The third-order valence-electron chi connectivity index (χ3n) is 6.96. The summed E-state index contributed by atoms with van der Waals surface area (Å²) >= 11 is 0. The number of benzene rings is 2. The fourth-order valence-corrected chi connectivity index (χ4v) is 5.17. The molecule has 2 fully saturated rings. The Kier molecular flexibility index (Phi) is 7.76. The molecule has 6 heteroatoms. The number of carbonyl (C=O) groups is 2. The quantitative estimate of drug-likeness (QED) is 0.679. The van der Waals surface area contributed by atoms with Gasteiger partial charge in [0.05, 0.1) is 25.0 Å². The number of hydrogen-bond donors (Lipinski definition) is 1. The van der Waals surface area contributed by atoms with Crippen molar-refractivity contribution in [3.8, 4) is 0 Å². The first kappa shape index (κ1) is 22.7. The molecule has 1 aliphatic carbocycles. The molecule has 1 saturated heterocycles. The molecule has 1 heterocycles. The molecule has 2 aliphatic rings. The molecule has 1 amide bonds. The summed E-state index contributed by atoms with van der Waals surface area (Å²) in [6.07, 6.45) is 3.96. The molecule has 1 aliphatic heterocycles. The SMILES string of the molecule is O=C(O)C1CCCCC1C(=O)N(CCCN1CCOCC1)Cc1cccc2ccccc12. The van der Waals surface area contributed by atoms with Crippen LogP contribution in [0.2, 0.25) is 0 Å². The first-order chi connectivity index (χ1) is 15.6. The number of ether oxygens (including phenoxy) is 1. The summed E-state index contributed by atoms with van der Waals surface area (Å²) in [5.41, 5.74) is 1.12. The summed E-state index contributed by atoms with van der Waals surface area (Å²) in [7, 11) is 0. The average molecular weight is 439 g/mol. The molecule has 1 saturated carbocycles. The normalized spacial score (nSPS) is 22.0. The molecule has 1 N–H and O–H groups in total. The molecule has 6 nitrogen and oxygen atoms in total. The van der Waals surface area contributed by atoms with E-state index in [-0.39, 0.29) is 5.91 Å². The van der Waals surface area contributed by atoms with E-state index in [1.54, 1.807) is 0 Å². The van der Waals surface area contributed by atoms with Crippen LogP contribution in [0.5, 0.6) is 0 Å². The predicted octanol–water partition coefficient (Wildman–Crippen LogP) is 3.78. The van der Waals surface area contributed by atoms with Crippen molar-refractivity contribution in [3.05, 3.63) is 48.0 Å². The average Bonchev–Trinajstić information content (AvgIpc) is 2.84. The highest BCUT2D eigenvalue weighted by Gasteiger charge is 2.37. The van der Waals surface area contributed by atoms with Gasteiger partial charge in [-0.25, -0.2) is 0 Å². The Morgan fingerprint density at radius 3 is 2.50 bits per heavy atom. The van der Waals surface area contributed by atoms with Gasteiger partial charge in [0, 0.05) is 32.7 Å². The van der Waals surface area contributed by atoms with E-state index in [9.17, 15) is 14.7 Å². The van der Waals surface area contributed by atoms with Crippen LogP contribution < -0.4 is 0 Å². The first-order valence-electron chi connectivity index (χ1n) is 11.9. The lowest BCUT2D eigenvalue weighted by molar-refractivity contribution is -0.152. The summed E-state index contributed by atoms with van der Waals surface area (Å²) in [6, 6.07) is 14.4. The third-order valence-corrected chi connectivity index (χ3v) is 6.96. The Morgan fingerprint density at radius 1 is 1.00 bits per heavy atom. The van der Waals surface area contributed by atoms with E-state index in [0.29, 0.717) is 25.9 Å². The van der Waals surface area contributed by atoms with Crippen molar-refractivity contribution in [1.82, 2.24) is 9.80 Å². The fourth-order valence-electron chi connectivity index (χ4n) is 5.17. The largest absolute Gasteiger partial charge is 0.481 e. The Labute approximate surface area is 190 Å². The van der Waals surface area contributed by atoms with Crippen molar-refractivity contribution in [2.24, 2.45) is 11.8 Å². The number of aliphatic carboxylic acids is 1. The zero-order valence-corrected chi connectivity index (χ0v) is 18.7. The van der Waals surface area contributed by atoms with Crippen LogP contribution in [0.25, 0.3) is 10.8 Å². The maximum Gasteiger partial charge on any atom is 0.307 e. The molecule has 2 aromatic rings. The highest BCUT2D eigenvalue weighted by molar-refractivity contribution is 5.87. The predicted molar refractivity (Wildman–Crippen MR) is 124 cm³/mol. The standard InChI is InChI=1S/C26H34N2O4/c29-25(23-11-3-4-12-24(23)26(30)31)28(14-6-13-27-15-17-32-18-16-27)19-21-9-5-8-20-7-1-2-10-22(20)21/h1-2,5,7-10,23-24H,3-4,6,11-19H2,(H,30,31). The van der Waals surface area contributed by atoms with Gasteiger partial charge in [-0.15, -0.1) is 0 Å². The Hall–Kier alpha value is -2.44. The van der Waals surface area contributed by atoms with Gasteiger partial charge in [-0.05, 0) is 35.6 Å². The van der Waals surface area contributed by atoms with Crippen LogP contribution in [0, 0.1) is 11.8 Å². The summed E-state index contributed by atoms with van der Waals surface area (Å²) in [5.74, 6) is -1.81. The lowest BCUT2D eigenvalue weighted by Crippen LogP contribution is -2.44. The number of hydrogen-bond acceptors (Lipinski definition) is 4. The summed E-state index contributed by atoms with van der Waals surface area (Å²) in [6.45, 7) is 5.48. The topological polar surface area (TPSA) is 70.1 Å². The molecule has 2 unspecified atom stereocenters. The van der Waals surface area contributed by atoms with Crippen LogP contribution in [0.4, 0.5) is 0 Å². The molecule has 0 radical (unpaired) electrons. The molecule has 4 rings (SSSR count). The van der Waals surface area contributed by atoms with Crippen molar-refractivity contribution in [2.45, 2.75) is 38.6 Å². The van der Waals surface area contributed by atoms with Crippen LogP contribution in [0.15, 0.2) is 42.5 Å². The van der Waals surface area contributed by atoms with Crippen LogP contribution in [-0.2, 0) is 20.9 Å². The van der Waals surface area contributed by atoms with E-state index in [1.807, 2.05) is 23.1 Å². The monoisotopic (exact) mass is 438 g/mol. The van der Waals surface area contributed by atoms with E-state index in [0.717, 1.165) is 68.4 Å². The summed E-state index contributed by atoms with van der Waals surface area (Å²) < 4.78 is 5.44. The van der Waals surface area contributed by atoms with Crippen LogP contribution in [-0.4, -0.2) is 66.2 Å². The second-order valence-electron chi connectivity index (χ2n) is 9.04. The van der Waals surface area contributed by atoms with Crippen molar-refractivity contribution in [2.75, 3.05) is 39.4 Å². The maximum atomic E-state index is 13.7. The molecule has 0 spiro atoms. The lowest BCUT2D eigenvalue weighted by atomic mass is 9.78. The first-order valence-corrected chi connectivity index (χ1v) is 11.9. The van der Waals surface area contributed by atoms with Crippen molar-refractivity contribution in [1.29, 1.82) is 0 Å². The number of carbonyl (C=O) groups excluding carboxylic acids is 1. The molecular formula is C26H34N2O4. The van der Waals surface area contributed by atoms with E-state index in [1.165, 1.54) is 0 Å². The van der Waals surface area contributed by atoms with Crippen LogP contribution in [0.3, 0.4) is 0 Å². The van der Waals surface area contributed by atoms with Crippen molar-refractivity contribution >= 4 is 22.6 Å². The number of amides is 1. The second-order valence-corrected chi connectivity index (χ2v) is 9.04. The number of carboxylic acids is 1. The van der Waals surface area contributed by atoms with Gasteiger partial charge in [-0.1, -0.05) is 55.3 Å².